The average molecular weight is 352 g/mol. The van der Waals surface area contributed by atoms with Gasteiger partial charge in [-0.15, -0.1) is 0 Å². The molecule has 0 spiro atoms. The molecule has 2 rings (SSSR count). The second kappa shape index (κ2) is 7.57. The van der Waals surface area contributed by atoms with Crippen molar-refractivity contribution in [3.63, 3.8) is 0 Å². The van der Waals surface area contributed by atoms with E-state index >= 15 is 0 Å². The maximum Gasteiger partial charge on any atom is 0.417 e. The lowest BCUT2D eigenvalue weighted by atomic mass is 9.92. The number of halogens is 3. The summed E-state index contributed by atoms with van der Waals surface area (Å²) in [5, 5.41) is 2.43. The number of hydrogen-bond donors (Lipinski definition) is 2. The van der Waals surface area contributed by atoms with Gasteiger partial charge in [0, 0.05) is 7.05 Å². The molecule has 2 aromatic rings. The van der Waals surface area contributed by atoms with E-state index in [0.717, 1.165) is 6.07 Å². The lowest BCUT2D eigenvalue weighted by molar-refractivity contribution is -0.137. The number of hydrogen-bond acceptors (Lipinski definition) is 3. The predicted octanol–water partition coefficient (Wildman–Crippen LogP) is 3.00. The van der Waals surface area contributed by atoms with Crippen LogP contribution < -0.4 is 15.8 Å². The molecular weight excluding hydrogens is 333 g/mol. The van der Waals surface area contributed by atoms with Gasteiger partial charge in [-0.05, 0) is 35.2 Å². The van der Waals surface area contributed by atoms with Crippen molar-refractivity contribution >= 4 is 5.91 Å². The van der Waals surface area contributed by atoms with Crippen molar-refractivity contribution in [3.05, 3.63) is 53.6 Å². The molecule has 134 valence electrons. The summed E-state index contributed by atoms with van der Waals surface area (Å²) in [4.78, 5) is 11.6. The van der Waals surface area contributed by atoms with Gasteiger partial charge < -0.3 is 15.8 Å². The van der Waals surface area contributed by atoms with Gasteiger partial charge in [0.05, 0.1) is 18.7 Å². The second-order valence-corrected chi connectivity index (χ2v) is 5.49. The topological polar surface area (TPSA) is 64.4 Å². The summed E-state index contributed by atoms with van der Waals surface area (Å²) >= 11 is 0. The van der Waals surface area contributed by atoms with Crippen LogP contribution in [0.4, 0.5) is 13.2 Å². The van der Waals surface area contributed by atoms with Crippen LogP contribution in [0.1, 0.15) is 11.1 Å². The van der Waals surface area contributed by atoms with Crippen molar-refractivity contribution < 1.29 is 22.7 Å². The van der Waals surface area contributed by atoms with Crippen LogP contribution in [0.2, 0.25) is 0 Å². The summed E-state index contributed by atoms with van der Waals surface area (Å²) in [5.74, 6) is -0.254. The standard InChI is InChI=1S/C18H19F3N2O2/c1-23-17(24)16(22)9-11-5-3-4-6-13(11)14-8-7-12(25-2)10-15(14)18(19,20)21/h3-8,10,16H,9,22H2,1-2H3,(H,23,24)/t16-/m0/s1. The van der Waals surface area contributed by atoms with Crippen LogP contribution in [0.5, 0.6) is 5.75 Å². The molecule has 3 N–H and O–H groups in total. The number of carbonyl (C=O) groups is 1. The van der Waals surface area contributed by atoms with Crippen LogP contribution in [0, 0.1) is 0 Å². The van der Waals surface area contributed by atoms with Gasteiger partial charge in [-0.25, -0.2) is 0 Å². The van der Waals surface area contributed by atoms with E-state index in [1.165, 1.54) is 26.3 Å². The fourth-order valence-electron chi connectivity index (χ4n) is 2.60. The molecule has 0 unspecified atom stereocenters. The molecule has 0 radical (unpaired) electrons. The summed E-state index contributed by atoms with van der Waals surface area (Å²) < 4.78 is 45.4. The van der Waals surface area contributed by atoms with E-state index in [0.29, 0.717) is 11.1 Å². The summed E-state index contributed by atoms with van der Waals surface area (Å²) in [6.07, 6.45) is -4.42. The molecule has 4 nitrogen and oxygen atoms in total. The molecule has 0 saturated heterocycles. The molecule has 0 aromatic heterocycles. The molecule has 0 aliphatic rings. The largest absolute Gasteiger partial charge is 0.497 e. The highest BCUT2D eigenvalue weighted by Crippen LogP contribution is 2.40. The minimum absolute atomic E-state index is 0.0213. The first-order valence-corrected chi connectivity index (χ1v) is 7.58. The van der Waals surface area contributed by atoms with Crippen molar-refractivity contribution in [2.75, 3.05) is 14.2 Å². The Morgan fingerprint density at radius 2 is 1.88 bits per heavy atom. The Morgan fingerprint density at radius 3 is 2.48 bits per heavy atom. The molecule has 0 bridgehead atoms. The minimum Gasteiger partial charge on any atom is -0.497 e. The van der Waals surface area contributed by atoms with E-state index in [4.69, 9.17) is 10.5 Å². The Bertz CT molecular complexity index is 760. The molecule has 0 saturated carbocycles. The number of likely N-dealkylation sites (N-methyl/N-ethyl adjacent to an activating group) is 1. The number of rotatable bonds is 5. The summed E-state index contributed by atoms with van der Waals surface area (Å²) in [6, 6.07) is 9.56. The summed E-state index contributed by atoms with van der Waals surface area (Å²) in [5.41, 5.74) is 6.00. The Hall–Kier alpha value is -2.54. The third-order valence-corrected chi connectivity index (χ3v) is 3.86. The van der Waals surface area contributed by atoms with Crippen molar-refractivity contribution in [1.29, 1.82) is 0 Å². The molecule has 1 atom stereocenters. The Morgan fingerprint density at radius 1 is 1.20 bits per heavy atom. The Labute approximate surface area is 143 Å². The van der Waals surface area contributed by atoms with Gasteiger partial charge in [0.1, 0.15) is 5.75 Å². The number of amides is 1. The molecular formula is C18H19F3N2O2. The van der Waals surface area contributed by atoms with Gasteiger partial charge >= 0.3 is 6.18 Å². The first kappa shape index (κ1) is 18.8. The van der Waals surface area contributed by atoms with Crippen LogP contribution in [0.15, 0.2) is 42.5 Å². The number of nitrogens with two attached hydrogens (primary N) is 1. The Balaban J connectivity index is 2.54. The quantitative estimate of drug-likeness (QED) is 0.869. The maximum absolute atomic E-state index is 13.5. The summed E-state index contributed by atoms with van der Waals surface area (Å²) in [6.45, 7) is 0. The second-order valence-electron chi connectivity index (χ2n) is 5.49. The lowest BCUT2D eigenvalue weighted by Crippen LogP contribution is -2.40. The summed E-state index contributed by atoms with van der Waals surface area (Å²) in [7, 11) is 2.77. The molecule has 0 heterocycles. The first-order valence-electron chi connectivity index (χ1n) is 7.58. The number of methoxy groups -OCH3 is 1. The number of alkyl halides is 3. The van der Waals surface area contributed by atoms with Gasteiger partial charge in [0.2, 0.25) is 5.91 Å². The Kier molecular flexibility index (Phi) is 5.69. The zero-order valence-corrected chi connectivity index (χ0v) is 13.9. The zero-order chi connectivity index (χ0) is 18.6. The van der Waals surface area contributed by atoms with Crippen LogP contribution >= 0.6 is 0 Å². The highest BCUT2D eigenvalue weighted by atomic mass is 19.4. The average Bonchev–Trinajstić information content (AvgIpc) is 2.60. The van der Waals surface area contributed by atoms with Gasteiger partial charge in [-0.3, -0.25) is 4.79 Å². The van der Waals surface area contributed by atoms with E-state index in [2.05, 4.69) is 5.32 Å². The monoisotopic (exact) mass is 352 g/mol. The number of benzene rings is 2. The van der Waals surface area contributed by atoms with E-state index < -0.39 is 17.8 Å². The smallest absolute Gasteiger partial charge is 0.417 e. The minimum atomic E-state index is -4.54. The highest BCUT2D eigenvalue weighted by Gasteiger charge is 2.34. The molecule has 0 aliphatic heterocycles. The first-order chi connectivity index (χ1) is 11.8. The van der Waals surface area contributed by atoms with Gasteiger partial charge in [0.15, 0.2) is 0 Å². The van der Waals surface area contributed by atoms with Gasteiger partial charge in [0.25, 0.3) is 0 Å². The van der Waals surface area contributed by atoms with E-state index in [1.54, 1.807) is 24.3 Å². The fraction of sp³-hybridized carbons (Fsp3) is 0.278. The van der Waals surface area contributed by atoms with E-state index in [9.17, 15) is 18.0 Å². The van der Waals surface area contributed by atoms with Crippen LogP contribution in [-0.2, 0) is 17.4 Å². The molecule has 1 amide bonds. The van der Waals surface area contributed by atoms with E-state index in [1.807, 2.05) is 0 Å². The fourth-order valence-corrected chi connectivity index (χ4v) is 2.60. The maximum atomic E-state index is 13.5. The van der Waals surface area contributed by atoms with Crippen molar-refractivity contribution in [1.82, 2.24) is 5.32 Å². The highest BCUT2D eigenvalue weighted by molar-refractivity contribution is 5.82. The van der Waals surface area contributed by atoms with Crippen LogP contribution in [-0.4, -0.2) is 26.1 Å². The lowest BCUT2D eigenvalue weighted by Gasteiger charge is -2.18. The van der Waals surface area contributed by atoms with Crippen molar-refractivity contribution in [3.8, 4) is 16.9 Å². The predicted molar refractivity (Wildman–Crippen MR) is 89.2 cm³/mol. The molecule has 25 heavy (non-hydrogen) atoms. The molecule has 0 aliphatic carbocycles. The molecule has 7 heteroatoms. The number of carbonyl (C=O) groups excluding carboxylic acids is 1. The normalized spacial score (nSPS) is 12.6. The van der Waals surface area contributed by atoms with Gasteiger partial charge in [-0.2, -0.15) is 13.2 Å². The van der Waals surface area contributed by atoms with Crippen molar-refractivity contribution in [2.24, 2.45) is 5.73 Å². The zero-order valence-electron chi connectivity index (χ0n) is 13.9. The molecule has 2 aromatic carbocycles. The van der Waals surface area contributed by atoms with Gasteiger partial charge in [-0.1, -0.05) is 30.3 Å². The van der Waals surface area contributed by atoms with Crippen LogP contribution in [0.3, 0.4) is 0 Å². The third-order valence-electron chi connectivity index (χ3n) is 3.86. The number of ether oxygens (including phenoxy) is 1. The SMILES string of the molecule is CNC(=O)[C@@H](N)Cc1ccccc1-c1ccc(OC)cc1C(F)(F)F. The number of nitrogens with one attached hydrogen (secondary N) is 1. The van der Waals surface area contributed by atoms with E-state index in [-0.39, 0.29) is 23.6 Å². The van der Waals surface area contributed by atoms with Crippen LogP contribution in [0.25, 0.3) is 11.1 Å². The van der Waals surface area contributed by atoms with Crippen molar-refractivity contribution in [2.45, 2.75) is 18.6 Å². The third kappa shape index (κ3) is 4.30. The molecule has 0 fully saturated rings.